The van der Waals surface area contributed by atoms with Crippen molar-refractivity contribution in [3.05, 3.63) is 53.1 Å². The molecule has 164 valence electrons. The highest BCUT2D eigenvalue weighted by Crippen LogP contribution is 2.37. The molecule has 0 atom stereocenters. The third-order valence-corrected chi connectivity index (χ3v) is 11.0. The van der Waals surface area contributed by atoms with E-state index in [1.54, 1.807) is 0 Å². The zero-order chi connectivity index (χ0) is 22.1. The van der Waals surface area contributed by atoms with E-state index in [9.17, 15) is 0 Å². The SMILES string of the molecule is Cc1cc(N2CCN(c3cccc(CO[Si](C)(C)C(C)(C)C)c3F)CC2)cc(C)n1. The molecule has 1 saturated heterocycles. The molecule has 0 amide bonds. The molecule has 0 aliphatic carbocycles. The van der Waals surface area contributed by atoms with Crippen LogP contribution < -0.4 is 9.80 Å². The van der Waals surface area contributed by atoms with Crippen molar-refractivity contribution in [3.63, 3.8) is 0 Å². The Labute approximate surface area is 182 Å². The minimum atomic E-state index is -1.92. The van der Waals surface area contributed by atoms with E-state index in [1.807, 2.05) is 32.0 Å². The number of anilines is 2. The van der Waals surface area contributed by atoms with Crippen LogP contribution in [0.5, 0.6) is 0 Å². The van der Waals surface area contributed by atoms with Crippen molar-refractivity contribution in [2.45, 2.75) is 59.4 Å². The highest BCUT2D eigenvalue weighted by molar-refractivity contribution is 6.74. The lowest BCUT2D eigenvalue weighted by atomic mass is 10.1. The maximum Gasteiger partial charge on any atom is 0.192 e. The van der Waals surface area contributed by atoms with Crippen LogP contribution in [0.15, 0.2) is 30.3 Å². The third-order valence-electron chi connectivity index (χ3n) is 6.50. The number of hydrogen-bond acceptors (Lipinski definition) is 4. The lowest BCUT2D eigenvalue weighted by Crippen LogP contribution is -2.47. The summed E-state index contributed by atoms with van der Waals surface area (Å²) >= 11 is 0. The molecule has 1 aliphatic rings. The van der Waals surface area contributed by atoms with Gasteiger partial charge in [0, 0.05) is 48.8 Å². The van der Waals surface area contributed by atoms with Gasteiger partial charge in [-0.15, -0.1) is 0 Å². The maximum atomic E-state index is 15.3. The summed E-state index contributed by atoms with van der Waals surface area (Å²) in [5.74, 6) is -0.139. The smallest absolute Gasteiger partial charge is 0.192 e. The average molecular weight is 430 g/mol. The van der Waals surface area contributed by atoms with E-state index in [0.717, 1.165) is 37.6 Å². The number of pyridine rings is 1. The van der Waals surface area contributed by atoms with Crippen LogP contribution in [0.3, 0.4) is 0 Å². The molecule has 0 radical (unpaired) electrons. The van der Waals surface area contributed by atoms with Gasteiger partial charge in [-0.25, -0.2) is 4.39 Å². The maximum absolute atomic E-state index is 15.3. The Bertz CT molecular complexity index is 866. The summed E-state index contributed by atoms with van der Waals surface area (Å²) in [6.45, 7) is 18.7. The standard InChI is InChI=1S/C24H36FN3OSi/c1-18-15-21(16-19(2)26-18)27-11-13-28(14-12-27)22-10-8-9-20(23(22)25)17-29-30(6,7)24(3,4)5/h8-10,15-16H,11-14,17H2,1-7H3. The van der Waals surface area contributed by atoms with Crippen molar-refractivity contribution >= 4 is 19.7 Å². The highest BCUT2D eigenvalue weighted by Gasteiger charge is 2.37. The minimum Gasteiger partial charge on any atom is -0.412 e. The van der Waals surface area contributed by atoms with Crippen LogP contribution in [-0.4, -0.2) is 39.5 Å². The predicted octanol–water partition coefficient (Wildman–Crippen LogP) is 5.69. The van der Waals surface area contributed by atoms with Crippen molar-refractivity contribution < 1.29 is 8.82 Å². The van der Waals surface area contributed by atoms with Gasteiger partial charge >= 0.3 is 0 Å². The number of aromatic nitrogens is 1. The molecular formula is C24H36FN3OSi. The molecule has 3 rings (SSSR count). The highest BCUT2D eigenvalue weighted by atomic mass is 28.4. The first kappa shape index (κ1) is 22.8. The van der Waals surface area contributed by atoms with Crippen LogP contribution >= 0.6 is 0 Å². The van der Waals surface area contributed by atoms with E-state index >= 15 is 4.39 Å². The molecule has 0 spiro atoms. The molecule has 0 unspecified atom stereocenters. The second-order valence-electron chi connectivity index (χ2n) is 9.88. The lowest BCUT2D eigenvalue weighted by Gasteiger charge is -2.38. The molecule has 2 heterocycles. The van der Waals surface area contributed by atoms with Crippen LogP contribution in [0.25, 0.3) is 0 Å². The largest absolute Gasteiger partial charge is 0.412 e. The molecule has 4 nitrogen and oxygen atoms in total. The molecule has 1 aromatic carbocycles. The number of aryl methyl sites for hydroxylation is 2. The molecule has 2 aromatic rings. The first-order valence-electron chi connectivity index (χ1n) is 10.8. The van der Waals surface area contributed by atoms with Gasteiger partial charge in [0.2, 0.25) is 0 Å². The summed E-state index contributed by atoms with van der Waals surface area (Å²) in [4.78, 5) is 8.98. The summed E-state index contributed by atoms with van der Waals surface area (Å²) in [5, 5.41) is 0.112. The fourth-order valence-electron chi connectivity index (χ4n) is 3.60. The van der Waals surface area contributed by atoms with Crippen LogP contribution in [0.1, 0.15) is 37.7 Å². The number of rotatable bonds is 5. The molecule has 6 heteroatoms. The average Bonchev–Trinajstić information content (AvgIpc) is 2.66. The molecule has 0 bridgehead atoms. The van der Waals surface area contributed by atoms with E-state index in [1.165, 1.54) is 5.69 Å². The summed E-state index contributed by atoms with van der Waals surface area (Å²) in [6, 6.07) is 9.95. The van der Waals surface area contributed by atoms with E-state index in [4.69, 9.17) is 4.43 Å². The van der Waals surface area contributed by atoms with Gasteiger partial charge in [-0.2, -0.15) is 0 Å². The summed E-state index contributed by atoms with van der Waals surface area (Å²) < 4.78 is 21.6. The Morgan fingerprint density at radius 3 is 2.13 bits per heavy atom. The number of halogens is 1. The predicted molar refractivity (Wildman–Crippen MR) is 127 cm³/mol. The van der Waals surface area contributed by atoms with Gasteiger partial charge in [0.15, 0.2) is 14.1 Å². The van der Waals surface area contributed by atoms with Crippen LogP contribution in [0, 0.1) is 19.7 Å². The number of hydrogen-bond donors (Lipinski definition) is 0. The van der Waals surface area contributed by atoms with E-state index < -0.39 is 8.32 Å². The first-order chi connectivity index (χ1) is 14.0. The topological polar surface area (TPSA) is 28.6 Å². The Morgan fingerprint density at radius 2 is 1.57 bits per heavy atom. The molecule has 1 aromatic heterocycles. The third kappa shape index (κ3) is 5.03. The zero-order valence-corrected chi connectivity index (χ0v) is 20.6. The van der Waals surface area contributed by atoms with Gasteiger partial charge in [-0.3, -0.25) is 4.98 Å². The summed E-state index contributed by atoms with van der Waals surface area (Å²) in [6.07, 6.45) is 0. The number of nitrogens with zero attached hydrogens (tertiary/aromatic N) is 3. The minimum absolute atomic E-state index is 0.112. The Hall–Kier alpha value is -1.92. The van der Waals surface area contributed by atoms with Gasteiger partial charge in [0.25, 0.3) is 0 Å². The summed E-state index contributed by atoms with van der Waals surface area (Å²) in [5.41, 5.74) is 4.62. The molecular weight excluding hydrogens is 393 g/mol. The second-order valence-corrected chi connectivity index (χ2v) is 14.7. The van der Waals surface area contributed by atoms with Crippen molar-refractivity contribution in [3.8, 4) is 0 Å². The van der Waals surface area contributed by atoms with Gasteiger partial charge in [-0.1, -0.05) is 32.9 Å². The number of benzene rings is 1. The van der Waals surface area contributed by atoms with Gasteiger partial charge < -0.3 is 14.2 Å². The number of piperazine rings is 1. The molecule has 1 fully saturated rings. The van der Waals surface area contributed by atoms with Gasteiger partial charge in [0.05, 0.1) is 12.3 Å². The van der Waals surface area contributed by atoms with E-state index in [2.05, 4.69) is 60.8 Å². The zero-order valence-electron chi connectivity index (χ0n) is 19.6. The Morgan fingerprint density at radius 1 is 1.00 bits per heavy atom. The van der Waals surface area contributed by atoms with E-state index in [0.29, 0.717) is 17.9 Å². The van der Waals surface area contributed by atoms with Gasteiger partial charge in [-0.05, 0) is 50.2 Å². The van der Waals surface area contributed by atoms with E-state index in [-0.39, 0.29) is 10.9 Å². The molecule has 1 aliphatic heterocycles. The van der Waals surface area contributed by atoms with Gasteiger partial charge in [0.1, 0.15) is 0 Å². The molecule has 30 heavy (non-hydrogen) atoms. The van der Waals surface area contributed by atoms with Crippen LogP contribution in [0.2, 0.25) is 18.1 Å². The monoisotopic (exact) mass is 429 g/mol. The lowest BCUT2D eigenvalue weighted by molar-refractivity contribution is 0.271. The fourth-order valence-corrected chi connectivity index (χ4v) is 4.55. The first-order valence-corrected chi connectivity index (χ1v) is 13.8. The summed E-state index contributed by atoms with van der Waals surface area (Å²) in [7, 11) is -1.92. The fraction of sp³-hybridized carbons (Fsp3) is 0.542. The molecule has 0 N–H and O–H groups in total. The van der Waals surface area contributed by atoms with Crippen molar-refractivity contribution in [1.29, 1.82) is 0 Å². The Balaban J connectivity index is 1.68. The van der Waals surface area contributed by atoms with Crippen LogP contribution in [-0.2, 0) is 11.0 Å². The Kier molecular flexibility index (Phi) is 6.58. The van der Waals surface area contributed by atoms with Crippen LogP contribution in [0.4, 0.5) is 15.8 Å². The second kappa shape index (κ2) is 8.67. The van der Waals surface area contributed by atoms with Crippen molar-refractivity contribution in [2.24, 2.45) is 0 Å². The molecule has 0 saturated carbocycles. The van der Waals surface area contributed by atoms with Crippen molar-refractivity contribution in [2.75, 3.05) is 36.0 Å². The normalized spacial score (nSPS) is 15.6. The quantitative estimate of drug-likeness (QED) is 0.571. The van der Waals surface area contributed by atoms with Crippen molar-refractivity contribution in [1.82, 2.24) is 4.98 Å².